The molecule has 4 nitrogen and oxygen atoms in total. The Labute approximate surface area is 128 Å². The summed E-state index contributed by atoms with van der Waals surface area (Å²) in [4.78, 5) is 10.3. The van der Waals surface area contributed by atoms with Gasteiger partial charge in [0.1, 0.15) is 5.01 Å². The van der Waals surface area contributed by atoms with Crippen molar-refractivity contribution in [1.82, 2.24) is 19.9 Å². The number of rotatable bonds is 5. The highest BCUT2D eigenvalue weighted by molar-refractivity contribution is 7.15. The van der Waals surface area contributed by atoms with E-state index in [0.29, 0.717) is 0 Å². The number of hydrogen-bond donors (Lipinski definition) is 1. The molecule has 1 N–H and O–H groups in total. The Hall–Kier alpha value is -1.98. The lowest BCUT2D eigenvalue weighted by atomic mass is 10.1. The molecule has 0 radical (unpaired) electrons. The quantitative estimate of drug-likeness (QED) is 0.786. The minimum absolute atomic E-state index is 0.843. The molecule has 0 amide bonds. The number of nitrogens with zero attached hydrogens (tertiary/aromatic N) is 3. The van der Waals surface area contributed by atoms with Crippen LogP contribution in [0.3, 0.4) is 0 Å². The first kappa shape index (κ1) is 14.0. The highest BCUT2D eigenvalue weighted by atomic mass is 32.1. The molecule has 0 unspecified atom stereocenters. The van der Waals surface area contributed by atoms with E-state index in [1.165, 1.54) is 4.88 Å². The number of thiazole rings is 1. The molecule has 5 heteroatoms. The van der Waals surface area contributed by atoms with Crippen LogP contribution in [0.4, 0.5) is 0 Å². The number of aryl methyl sites for hydroxylation is 1. The maximum atomic E-state index is 4.85. The summed E-state index contributed by atoms with van der Waals surface area (Å²) < 4.78 is 2.00. The lowest BCUT2D eigenvalue weighted by Crippen LogP contribution is -2.11. The predicted molar refractivity (Wildman–Crippen MR) is 87.1 cm³/mol. The Bertz CT molecular complexity index is 715. The van der Waals surface area contributed by atoms with Crippen LogP contribution in [0.25, 0.3) is 22.0 Å². The van der Waals surface area contributed by atoms with E-state index in [2.05, 4.69) is 41.5 Å². The average molecular weight is 298 g/mol. The Kier molecular flexibility index (Phi) is 4.13. The number of benzene rings is 1. The molecule has 0 saturated carbocycles. The first-order valence-corrected chi connectivity index (χ1v) is 7.83. The molecule has 0 fully saturated rings. The summed E-state index contributed by atoms with van der Waals surface area (Å²) in [6, 6.07) is 10.3. The molecule has 0 aliphatic rings. The Morgan fingerprint density at radius 3 is 2.71 bits per heavy atom. The molecule has 108 valence electrons. The summed E-state index contributed by atoms with van der Waals surface area (Å²) in [7, 11) is 2.00. The maximum Gasteiger partial charge on any atom is 0.142 e. The van der Waals surface area contributed by atoms with Crippen LogP contribution in [0.1, 0.15) is 11.8 Å². The van der Waals surface area contributed by atoms with E-state index < -0.39 is 0 Å². The molecular weight excluding hydrogens is 280 g/mol. The van der Waals surface area contributed by atoms with Crippen LogP contribution in [0.2, 0.25) is 0 Å². The lowest BCUT2D eigenvalue weighted by Gasteiger charge is -2.02. The van der Waals surface area contributed by atoms with Gasteiger partial charge in [-0.15, -0.1) is 11.3 Å². The fourth-order valence-electron chi connectivity index (χ4n) is 2.20. The molecule has 3 rings (SSSR count). The Balaban J connectivity index is 2.05. The van der Waals surface area contributed by atoms with E-state index in [1.54, 1.807) is 11.3 Å². The maximum absolute atomic E-state index is 4.85. The van der Waals surface area contributed by atoms with Crippen LogP contribution >= 0.6 is 11.3 Å². The third kappa shape index (κ3) is 2.89. The van der Waals surface area contributed by atoms with Crippen molar-refractivity contribution >= 4 is 11.3 Å². The highest BCUT2D eigenvalue weighted by Gasteiger charge is 2.15. The van der Waals surface area contributed by atoms with Crippen LogP contribution in [-0.4, -0.2) is 21.1 Å². The normalized spacial score (nSPS) is 11.0. The predicted octanol–water partition coefficient (Wildman–Crippen LogP) is 3.32. The summed E-state index contributed by atoms with van der Waals surface area (Å²) in [5.74, 6) is 0. The largest absolute Gasteiger partial charge is 0.332 e. The molecule has 1 aromatic carbocycles. The summed E-state index contributed by atoms with van der Waals surface area (Å²) >= 11 is 1.73. The monoisotopic (exact) mass is 298 g/mol. The molecule has 2 heterocycles. The fourth-order valence-corrected chi connectivity index (χ4v) is 3.31. The van der Waals surface area contributed by atoms with Gasteiger partial charge in [0.2, 0.25) is 0 Å². The van der Waals surface area contributed by atoms with Gasteiger partial charge in [-0.1, -0.05) is 37.3 Å². The van der Waals surface area contributed by atoms with Crippen LogP contribution < -0.4 is 5.32 Å². The number of hydrogen-bond acceptors (Lipinski definition) is 4. The van der Waals surface area contributed by atoms with Crippen LogP contribution in [0, 0.1) is 0 Å². The van der Waals surface area contributed by atoms with Gasteiger partial charge in [-0.3, -0.25) is 0 Å². The first-order valence-electron chi connectivity index (χ1n) is 7.02. The van der Waals surface area contributed by atoms with Crippen molar-refractivity contribution in [3.8, 4) is 22.0 Å². The van der Waals surface area contributed by atoms with Gasteiger partial charge in [-0.05, 0) is 6.54 Å². The van der Waals surface area contributed by atoms with Crippen LogP contribution in [0.5, 0.6) is 0 Å². The molecule has 2 aromatic heterocycles. The van der Waals surface area contributed by atoms with E-state index in [9.17, 15) is 0 Å². The minimum atomic E-state index is 0.843. The van der Waals surface area contributed by atoms with Crippen molar-refractivity contribution in [2.45, 2.75) is 13.5 Å². The zero-order valence-corrected chi connectivity index (χ0v) is 13.0. The summed E-state index contributed by atoms with van der Waals surface area (Å²) in [6.07, 6.45) is 3.67. The van der Waals surface area contributed by atoms with E-state index in [1.807, 2.05) is 30.2 Å². The van der Waals surface area contributed by atoms with Crippen molar-refractivity contribution in [3.05, 3.63) is 47.7 Å². The second-order valence-corrected chi connectivity index (χ2v) is 5.91. The van der Waals surface area contributed by atoms with E-state index in [0.717, 1.165) is 35.0 Å². The third-order valence-electron chi connectivity index (χ3n) is 3.32. The second-order valence-electron chi connectivity index (χ2n) is 4.83. The molecule has 0 atom stereocenters. The minimum Gasteiger partial charge on any atom is -0.332 e. The Morgan fingerprint density at radius 2 is 2.05 bits per heavy atom. The topological polar surface area (TPSA) is 42.7 Å². The molecule has 0 aliphatic heterocycles. The smallest absolute Gasteiger partial charge is 0.142 e. The molecular formula is C16H18N4S. The summed E-state index contributed by atoms with van der Waals surface area (Å²) in [6.45, 7) is 3.91. The molecule has 0 bridgehead atoms. The fraction of sp³-hybridized carbons (Fsp3) is 0.250. The van der Waals surface area contributed by atoms with Gasteiger partial charge < -0.3 is 9.88 Å². The van der Waals surface area contributed by atoms with E-state index in [4.69, 9.17) is 4.98 Å². The van der Waals surface area contributed by atoms with Crippen molar-refractivity contribution in [1.29, 1.82) is 0 Å². The summed E-state index contributed by atoms with van der Waals surface area (Å²) in [5.41, 5.74) is 3.28. The zero-order chi connectivity index (χ0) is 14.7. The number of nitrogens with one attached hydrogen (secondary N) is 1. The van der Waals surface area contributed by atoms with Gasteiger partial charge in [-0.2, -0.15) is 0 Å². The van der Waals surface area contributed by atoms with Crippen LogP contribution in [-0.2, 0) is 13.6 Å². The third-order valence-corrected chi connectivity index (χ3v) is 4.39. The van der Waals surface area contributed by atoms with Gasteiger partial charge in [0.05, 0.1) is 23.9 Å². The van der Waals surface area contributed by atoms with Gasteiger partial charge in [0.25, 0.3) is 0 Å². The van der Waals surface area contributed by atoms with Crippen molar-refractivity contribution < 1.29 is 0 Å². The van der Waals surface area contributed by atoms with E-state index >= 15 is 0 Å². The zero-order valence-electron chi connectivity index (χ0n) is 12.2. The lowest BCUT2D eigenvalue weighted by molar-refractivity contribution is 0.735. The van der Waals surface area contributed by atoms with Gasteiger partial charge in [0.15, 0.2) is 0 Å². The highest BCUT2D eigenvalue weighted by Crippen LogP contribution is 2.33. The molecule has 0 saturated heterocycles. The molecule has 0 spiro atoms. The van der Waals surface area contributed by atoms with Crippen LogP contribution in [0.15, 0.2) is 42.9 Å². The summed E-state index contributed by atoms with van der Waals surface area (Å²) in [5, 5.41) is 4.41. The van der Waals surface area contributed by atoms with Crippen molar-refractivity contribution in [3.63, 3.8) is 0 Å². The van der Waals surface area contributed by atoms with E-state index in [-0.39, 0.29) is 0 Å². The number of imidazole rings is 1. The Morgan fingerprint density at radius 1 is 1.24 bits per heavy atom. The van der Waals surface area contributed by atoms with Gasteiger partial charge >= 0.3 is 0 Å². The number of aromatic nitrogens is 3. The molecule has 0 aliphatic carbocycles. The van der Waals surface area contributed by atoms with Crippen molar-refractivity contribution in [2.75, 3.05) is 6.54 Å². The average Bonchev–Trinajstić information content (AvgIpc) is 3.12. The molecule has 3 aromatic rings. The standard InChI is InChI=1S/C16H18N4S/c1-3-17-10-14-15(12-7-5-4-6-8-12)19-16(21-14)13-9-18-11-20(13)2/h4-9,11,17H,3,10H2,1-2H3. The van der Waals surface area contributed by atoms with Gasteiger partial charge in [0, 0.05) is 24.0 Å². The van der Waals surface area contributed by atoms with Gasteiger partial charge in [-0.25, -0.2) is 9.97 Å². The second kappa shape index (κ2) is 6.20. The molecule has 21 heavy (non-hydrogen) atoms. The SMILES string of the molecule is CCNCc1sc(-c2cncn2C)nc1-c1ccccc1. The first-order chi connectivity index (χ1) is 10.3. The van der Waals surface area contributed by atoms with Crippen molar-refractivity contribution in [2.24, 2.45) is 7.05 Å².